The van der Waals surface area contributed by atoms with Gasteiger partial charge in [-0.3, -0.25) is 4.79 Å². The van der Waals surface area contributed by atoms with Crippen molar-refractivity contribution < 1.29 is 27.1 Å². The number of pyridine rings is 1. The van der Waals surface area contributed by atoms with Crippen LogP contribution in [0.3, 0.4) is 0 Å². The van der Waals surface area contributed by atoms with E-state index in [4.69, 9.17) is 32.7 Å². The summed E-state index contributed by atoms with van der Waals surface area (Å²) in [5, 5.41) is 1.39. The highest BCUT2D eigenvalue weighted by Crippen LogP contribution is 2.46. The molecule has 1 atom stereocenters. The molecule has 2 aromatic heterocycles. The van der Waals surface area contributed by atoms with Gasteiger partial charge < -0.3 is 14.8 Å². The summed E-state index contributed by atoms with van der Waals surface area (Å²) >= 11 is 13.2. The van der Waals surface area contributed by atoms with E-state index in [1.165, 1.54) is 18.2 Å². The third kappa shape index (κ3) is 4.73. The molecule has 2 aromatic carbocycles. The van der Waals surface area contributed by atoms with E-state index < -0.39 is 20.7 Å². The predicted molar refractivity (Wildman–Crippen MR) is 138 cm³/mol. The summed E-state index contributed by atoms with van der Waals surface area (Å²) in [7, 11) is -4.05. The molecule has 0 radical (unpaired) electrons. The Morgan fingerprint density at radius 1 is 1.17 bits per heavy atom. The lowest BCUT2D eigenvalue weighted by molar-refractivity contribution is 0.103. The Labute approximate surface area is 219 Å². The molecule has 36 heavy (non-hydrogen) atoms. The van der Waals surface area contributed by atoms with Crippen LogP contribution in [0.15, 0.2) is 54.6 Å². The summed E-state index contributed by atoms with van der Waals surface area (Å²) in [6.07, 6.45) is 0.564. The first-order valence-electron chi connectivity index (χ1n) is 10.5. The smallest absolute Gasteiger partial charge is 0.265 e. The van der Waals surface area contributed by atoms with Crippen molar-refractivity contribution in [3.8, 4) is 17.4 Å². The molecule has 12 heteroatoms. The zero-order valence-electron chi connectivity index (χ0n) is 18.5. The number of sulfone groups is 1. The maximum Gasteiger partial charge on any atom is 0.265 e. The van der Waals surface area contributed by atoms with E-state index in [2.05, 4.69) is 10.3 Å². The highest BCUT2D eigenvalue weighted by molar-refractivity contribution is 7.91. The fraction of sp³-hybridized carbons (Fsp3) is 0.167. The zero-order valence-corrected chi connectivity index (χ0v) is 21.7. The topological polar surface area (TPSA) is 94.6 Å². The average Bonchev–Trinajstić information content (AvgIpc) is 3.22. The van der Waals surface area contributed by atoms with Gasteiger partial charge in [-0.15, -0.1) is 11.3 Å². The first-order chi connectivity index (χ1) is 17.0. The number of thiophene rings is 1. The summed E-state index contributed by atoms with van der Waals surface area (Å²) in [6, 6.07) is 14.2. The summed E-state index contributed by atoms with van der Waals surface area (Å²) in [4.78, 5) is 17.4. The van der Waals surface area contributed by atoms with Gasteiger partial charge in [-0.2, -0.15) is 0 Å². The number of amides is 1. The number of hydrogen-bond acceptors (Lipinski definition) is 7. The Hall–Kier alpha value is -2.92. The van der Waals surface area contributed by atoms with Crippen molar-refractivity contribution in [1.29, 1.82) is 0 Å². The Bertz CT molecular complexity index is 1610. The molecule has 1 aliphatic heterocycles. The predicted octanol–water partition coefficient (Wildman–Crippen LogP) is 6.60. The molecule has 1 aliphatic rings. The fourth-order valence-corrected chi connectivity index (χ4v) is 6.12. The summed E-state index contributed by atoms with van der Waals surface area (Å²) in [6.45, 7) is -0.0655. The molecule has 1 unspecified atom stereocenters. The monoisotopic (exact) mass is 566 g/mol. The molecule has 0 spiro atoms. The highest BCUT2D eigenvalue weighted by Gasteiger charge is 2.47. The second-order valence-electron chi connectivity index (χ2n) is 8.12. The van der Waals surface area contributed by atoms with Gasteiger partial charge in [0.25, 0.3) is 5.91 Å². The Morgan fingerprint density at radius 3 is 2.64 bits per heavy atom. The van der Waals surface area contributed by atoms with Crippen molar-refractivity contribution in [2.75, 3.05) is 18.2 Å². The average molecular weight is 567 g/mol. The van der Waals surface area contributed by atoms with E-state index in [0.29, 0.717) is 31.4 Å². The number of benzene rings is 2. The van der Waals surface area contributed by atoms with Crippen LogP contribution in [0.25, 0.3) is 10.1 Å². The minimum Gasteiger partial charge on any atom is -0.493 e. The van der Waals surface area contributed by atoms with E-state index >= 15 is 4.39 Å². The van der Waals surface area contributed by atoms with Crippen molar-refractivity contribution in [3.63, 3.8) is 0 Å². The van der Waals surface area contributed by atoms with Crippen LogP contribution in [0.4, 0.5) is 10.1 Å². The maximum absolute atomic E-state index is 15.5. The molecule has 1 N–H and O–H groups in total. The number of alkyl halides is 1. The molecule has 4 aromatic rings. The molecule has 0 saturated heterocycles. The highest BCUT2D eigenvalue weighted by atomic mass is 35.5. The quantitative estimate of drug-likeness (QED) is 0.273. The van der Waals surface area contributed by atoms with E-state index in [-0.39, 0.29) is 35.4 Å². The fourth-order valence-electron chi connectivity index (χ4n) is 3.82. The van der Waals surface area contributed by atoms with E-state index in [1.807, 2.05) is 0 Å². The van der Waals surface area contributed by atoms with Gasteiger partial charge in [0, 0.05) is 39.7 Å². The van der Waals surface area contributed by atoms with Crippen LogP contribution in [-0.2, 0) is 14.8 Å². The molecule has 7 nitrogen and oxygen atoms in total. The van der Waals surface area contributed by atoms with E-state index in [9.17, 15) is 13.2 Å². The van der Waals surface area contributed by atoms with E-state index in [0.717, 1.165) is 17.6 Å². The molecule has 5 rings (SSSR count). The second-order valence-corrected chi connectivity index (χ2v) is 12.2. The molecule has 186 valence electrons. The number of nitrogens with zero attached hydrogens (tertiary/aromatic N) is 1. The minimum atomic E-state index is -4.05. The number of ether oxygens (including phenoxy) is 2. The number of aromatic nitrogens is 1. The van der Waals surface area contributed by atoms with E-state index in [1.54, 1.807) is 36.4 Å². The Morgan fingerprint density at radius 2 is 1.92 bits per heavy atom. The minimum absolute atomic E-state index is 0.0570. The number of carbonyl (C=O) groups is 1. The van der Waals surface area contributed by atoms with Crippen molar-refractivity contribution in [2.45, 2.75) is 11.4 Å². The summed E-state index contributed by atoms with van der Waals surface area (Å²) in [5.41, 5.74) is 0.294. The second kappa shape index (κ2) is 9.19. The number of rotatable bonds is 5. The number of hydrogen-bond donors (Lipinski definition) is 1. The zero-order chi connectivity index (χ0) is 25.7. The van der Waals surface area contributed by atoms with Gasteiger partial charge in [0.2, 0.25) is 10.9 Å². The molecule has 0 bridgehead atoms. The molecule has 1 amide bonds. The first kappa shape index (κ1) is 24.8. The van der Waals surface area contributed by atoms with Crippen molar-refractivity contribution in [2.24, 2.45) is 0 Å². The van der Waals surface area contributed by atoms with Gasteiger partial charge in [-0.1, -0.05) is 23.2 Å². The van der Waals surface area contributed by atoms with Crippen LogP contribution in [0.2, 0.25) is 10.2 Å². The van der Waals surface area contributed by atoms with Gasteiger partial charge in [-0.25, -0.2) is 17.8 Å². The molecule has 0 aliphatic carbocycles. The third-order valence-corrected chi connectivity index (χ3v) is 8.72. The number of nitrogens with one attached hydrogen (secondary N) is 1. The molecule has 0 fully saturated rings. The molecular weight excluding hydrogens is 550 g/mol. The molecule has 0 saturated carbocycles. The van der Waals surface area contributed by atoms with Crippen LogP contribution in [0.5, 0.6) is 17.4 Å². The lowest BCUT2D eigenvalue weighted by Crippen LogP contribution is -2.35. The first-order valence-corrected chi connectivity index (χ1v) is 14.0. The summed E-state index contributed by atoms with van der Waals surface area (Å²) < 4.78 is 51.8. The van der Waals surface area contributed by atoms with Gasteiger partial charge in [-0.05, 0) is 53.9 Å². The van der Waals surface area contributed by atoms with Crippen LogP contribution in [0, 0.1) is 0 Å². The number of fused-ring (bicyclic) bond motifs is 2. The van der Waals surface area contributed by atoms with Gasteiger partial charge >= 0.3 is 0 Å². The molecular formula is C24H17Cl2FN2O5S2. The Balaban J connectivity index is 1.42. The number of halogens is 3. The van der Waals surface area contributed by atoms with Crippen LogP contribution < -0.4 is 14.8 Å². The van der Waals surface area contributed by atoms with Gasteiger partial charge in [0.1, 0.15) is 16.7 Å². The molecule has 3 heterocycles. The van der Waals surface area contributed by atoms with Crippen molar-refractivity contribution in [1.82, 2.24) is 4.98 Å². The maximum atomic E-state index is 15.5. The van der Waals surface area contributed by atoms with Crippen molar-refractivity contribution in [3.05, 3.63) is 75.2 Å². The third-order valence-electron chi connectivity index (χ3n) is 5.58. The SMILES string of the molecule is CS(=O)(=O)C1(F)CCOc2cc3sc(C(=O)Nc4cc(Cl)nc(Oc5ccc(Cl)cc5)c4)cc3cc21. The van der Waals surface area contributed by atoms with Gasteiger partial charge in [0.05, 0.1) is 11.5 Å². The van der Waals surface area contributed by atoms with Crippen LogP contribution in [-0.4, -0.2) is 32.2 Å². The standard InChI is InChI=1S/C24H17Cl2FN2O5S2/c1-36(31,32)24(27)6-7-33-18-12-19-13(8-17(18)24)9-20(35-19)23(30)28-15-10-21(26)29-22(11-15)34-16-4-2-14(25)3-5-16/h2-5,8-12H,6-7H2,1H3,(H,28,29,30). The van der Waals surface area contributed by atoms with Crippen molar-refractivity contribution >= 4 is 66.1 Å². The van der Waals surface area contributed by atoms with Crippen LogP contribution >= 0.6 is 34.5 Å². The largest absolute Gasteiger partial charge is 0.493 e. The summed E-state index contributed by atoms with van der Waals surface area (Å²) in [5.74, 6) is 0.367. The van der Waals surface area contributed by atoms with Gasteiger partial charge in [0.15, 0.2) is 9.84 Å². The number of carbonyl (C=O) groups excluding carboxylic acids is 1. The lowest BCUT2D eigenvalue weighted by Gasteiger charge is -2.30. The van der Waals surface area contributed by atoms with Crippen LogP contribution in [0.1, 0.15) is 21.7 Å². The number of anilines is 1. The Kier molecular flexibility index (Phi) is 6.32. The lowest BCUT2D eigenvalue weighted by atomic mass is 10.0. The normalized spacial score (nSPS) is 17.3.